The van der Waals surface area contributed by atoms with Gasteiger partial charge in [0, 0.05) is 0 Å². The first-order chi connectivity index (χ1) is 9.20. The summed E-state index contributed by atoms with van der Waals surface area (Å²) in [5.41, 5.74) is 0.308. The molecule has 0 aromatic heterocycles. The molecule has 0 unspecified atom stereocenters. The van der Waals surface area contributed by atoms with Crippen molar-refractivity contribution in [3.63, 3.8) is 0 Å². The van der Waals surface area contributed by atoms with Gasteiger partial charge in [0.2, 0.25) is 0 Å². The van der Waals surface area contributed by atoms with Gasteiger partial charge in [0.1, 0.15) is 6.61 Å². The molecule has 1 rings (SSSR count). The van der Waals surface area contributed by atoms with E-state index in [1.807, 2.05) is 0 Å². The Balaban J connectivity index is 2.59. The number of esters is 2. The van der Waals surface area contributed by atoms with E-state index in [-0.39, 0.29) is 37.6 Å². The van der Waals surface area contributed by atoms with Crippen LogP contribution in [0.15, 0.2) is 24.3 Å². The average Bonchev–Trinajstić information content (AvgIpc) is 2.46. The van der Waals surface area contributed by atoms with Crippen LogP contribution >= 0.6 is 0 Å². The Morgan fingerprint density at radius 3 is 2.26 bits per heavy atom. The topological polar surface area (TPSA) is 82.1 Å². The number of hydrogen-bond acceptors (Lipinski definition) is 6. The summed E-state index contributed by atoms with van der Waals surface area (Å²) in [7, 11) is 1.24. The quantitative estimate of drug-likeness (QED) is 0.577. The van der Waals surface area contributed by atoms with Gasteiger partial charge in [0.25, 0.3) is 0 Å². The number of hydrogen-bond donors (Lipinski definition) is 1. The summed E-state index contributed by atoms with van der Waals surface area (Å²) in [6.45, 7) is 0.344. The van der Waals surface area contributed by atoms with E-state index in [0.29, 0.717) is 0 Å². The highest BCUT2D eigenvalue weighted by Gasteiger charge is 2.17. The number of aliphatic hydroxyl groups is 1. The third kappa shape index (κ3) is 4.69. The fourth-order valence-electron chi connectivity index (χ4n) is 1.39. The number of carbonyl (C=O) groups is 2. The molecule has 0 saturated carbocycles. The van der Waals surface area contributed by atoms with Crippen molar-refractivity contribution in [1.29, 1.82) is 0 Å². The van der Waals surface area contributed by atoms with Gasteiger partial charge in [0.15, 0.2) is 0 Å². The molecule has 0 amide bonds. The number of methoxy groups -OCH3 is 1. The predicted molar refractivity (Wildman–Crippen MR) is 66.0 cm³/mol. The summed E-state index contributed by atoms with van der Waals surface area (Å²) in [6.07, 6.45) is 0. The van der Waals surface area contributed by atoms with Crippen molar-refractivity contribution in [3.8, 4) is 0 Å². The number of benzene rings is 1. The summed E-state index contributed by atoms with van der Waals surface area (Å²) >= 11 is 0. The predicted octanol–water partition coefficient (Wildman–Crippen LogP) is 0.639. The lowest BCUT2D eigenvalue weighted by molar-refractivity contribution is 0.0254. The second-order valence-corrected chi connectivity index (χ2v) is 3.51. The molecule has 6 nitrogen and oxygen atoms in total. The van der Waals surface area contributed by atoms with Crippen LogP contribution in [0.2, 0.25) is 0 Å². The molecule has 6 heteroatoms. The zero-order valence-electron chi connectivity index (χ0n) is 10.6. The molecule has 1 aromatic rings. The Kier molecular flexibility index (Phi) is 6.56. The van der Waals surface area contributed by atoms with E-state index in [1.165, 1.54) is 19.2 Å². The van der Waals surface area contributed by atoms with Crippen LogP contribution in [-0.2, 0) is 14.2 Å². The van der Waals surface area contributed by atoms with Crippen LogP contribution in [-0.4, -0.2) is 50.6 Å². The maximum absolute atomic E-state index is 11.8. The molecule has 1 aromatic carbocycles. The van der Waals surface area contributed by atoms with Crippen molar-refractivity contribution < 1.29 is 28.9 Å². The number of carbonyl (C=O) groups excluding carboxylic acids is 2. The fourth-order valence-corrected chi connectivity index (χ4v) is 1.39. The lowest BCUT2D eigenvalue weighted by atomic mass is 10.1. The van der Waals surface area contributed by atoms with E-state index in [0.717, 1.165) is 0 Å². The molecule has 0 aliphatic carbocycles. The minimum atomic E-state index is -0.617. The highest BCUT2D eigenvalue weighted by molar-refractivity contribution is 6.03. The van der Waals surface area contributed by atoms with Crippen LogP contribution < -0.4 is 0 Å². The molecule has 0 atom stereocenters. The van der Waals surface area contributed by atoms with Crippen molar-refractivity contribution in [2.75, 3.05) is 33.5 Å². The van der Waals surface area contributed by atoms with Gasteiger partial charge in [-0.15, -0.1) is 0 Å². The van der Waals surface area contributed by atoms with Crippen LogP contribution in [0.1, 0.15) is 20.7 Å². The van der Waals surface area contributed by atoms with E-state index in [2.05, 4.69) is 4.74 Å². The van der Waals surface area contributed by atoms with Crippen LogP contribution in [0, 0.1) is 0 Å². The zero-order valence-corrected chi connectivity index (χ0v) is 10.6. The standard InChI is InChI=1S/C13H16O6/c1-17-12(15)10-4-2-3-5-11(10)13(16)19-9-8-18-7-6-14/h2-5,14H,6-9H2,1H3. The van der Waals surface area contributed by atoms with Crippen molar-refractivity contribution in [2.24, 2.45) is 0 Å². The third-order valence-electron chi connectivity index (χ3n) is 2.25. The molecule has 0 radical (unpaired) electrons. The van der Waals surface area contributed by atoms with E-state index in [9.17, 15) is 9.59 Å². The Morgan fingerprint density at radius 1 is 1.05 bits per heavy atom. The molecule has 0 aliphatic heterocycles. The summed E-state index contributed by atoms with van der Waals surface area (Å²) < 4.78 is 14.5. The van der Waals surface area contributed by atoms with Crippen molar-refractivity contribution >= 4 is 11.9 Å². The first-order valence-electron chi connectivity index (χ1n) is 5.73. The molecule has 1 N–H and O–H groups in total. The third-order valence-corrected chi connectivity index (χ3v) is 2.25. The second-order valence-electron chi connectivity index (χ2n) is 3.51. The summed E-state index contributed by atoms with van der Waals surface area (Å²) in [6, 6.07) is 6.24. The highest BCUT2D eigenvalue weighted by Crippen LogP contribution is 2.11. The fraction of sp³-hybridized carbons (Fsp3) is 0.385. The summed E-state index contributed by atoms with van der Waals surface area (Å²) in [5, 5.41) is 8.49. The summed E-state index contributed by atoms with van der Waals surface area (Å²) in [5.74, 6) is -1.21. The Hall–Kier alpha value is -1.92. The molecule has 0 saturated heterocycles. The molecular formula is C13H16O6. The van der Waals surface area contributed by atoms with Gasteiger partial charge in [-0.2, -0.15) is 0 Å². The van der Waals surface area contributed by atoms with Crippen LogP contribution in [0.4, 0.5) is 0 Å². The molecule has 0 fully saturated rings. The number of rotatable bonds is 7. The van der Waals surface area contributed by atoms with Crippen LogP contribution in [0.25, 0.3) is 0 Å². The molecule has 19 heavy (non-hydrogen) atoms. The van der Waals surface area contributed by atoms with Gasteiger partial charge in [-0.05, 0) is 12.1 Å². The minimum absolute atomic E-state index is 0.0499. The van der Waals surface area contributed by atoms with E-state index in [4.69, 9.17) is 14.6 Å². The van der Waals surface area contributed by atoms with Crippen molar-refractivity contribution in [2.45, 2.75) is 0 Å². The highest BCUT2D eigenvalue weighted by atomic mass is 16.6. The van der Waals surface area contributed by atoms with E-state index in [1.54, 1.807) is 12.1 Å². The smallest absolute Gasteiger partial charge is 0.339 e. The van der Waals surface area contributed by atoms with Gasteiger partial charge in [0.05, 0.1) is 38.1 Å². The van der Waals surface area contributed by atoms with Crippen molar-refractivity contribution in [3.05, 3.63) is 35.4 Å². The molecule has 0 bridgehead atoms. The zero-order chi connectivity index (χ0) is 14.1. The van der Waals surface area contributed by atoms with Gasteiger partial charge in [-0.25, -0.2) is 9.59 Å². The molecule has 0 aliphatic rings. The Bertz CT molecular complexity index is 429. The number of aliphatic hydroxyl groups excluding tert-OH is 1. The van der Waals surface area contributed by atoms with Crippen LogP contribution in [0.3, 0.4) is 0 Å². The second kappa shape index (κ2) is 8.23. The Morgan fingerprint density at radius 2 is 1.68 bits per heavy atom. The SMILES string of the molecule is COC(=O)c1ccccc1C(=O)OCCOCCO. The van der Waals surface area contributed by atoms with Gasteiger partial charge < -0.3 is 19.3 Å². The summed E-state index contributed by atoms with van der Waals surface area (Å²) in [4.78, 5) is 23.3. The minimum Gasteiger partial charge on any atom is -0.465 e. The van der Waals surface area contributed by atoms with Crippen LogP contribution in [0.5, 0.6) is 0 Å². The first-order valence-corrected chi connectivity index (χ1v) is 5.73. The average molecular weight is 268 g/mol. The maximum Gasteiger partial charge on any atom is 0.339 e. The van der Waals surface area contributed by atoms with Gasteiger partial charge in [-0.3, -0.25) is 0 Å². The molecular weight excluding hydrogens is 252 g/mol. The van der Waals surface area contributed by atoms with Gasteiger partial charge in [-0.1, -0.05) is 12.1 Å². The van der Waals surface area contributed by atoms with Gasteiger partial charge >= 0.3 is 11.9 Å². The normalized spacial score (nSPS) is 10.0. The van der Waals surface area contributed by atoms with Crippen molar-refractivity contribution in [1.82, 2.24) is 0 Å². The first kappa shape index (κ1) is 15.1. The van der Waals surface area contributed by atoms with E-state index >= 15 is 0 Å². The number of ether oxygens (including phenoxy) is 3. The molecule has 0 spiro atoms. The molecule has 0 heterocycles. The Labute approximate surface area is 110 Å². The largest absolute Gasteiger partial charge is 0.465 e. The maximum atomic E-state index is 11.8. The monoisotopic (exact) mass is 268 g/mol. The lowest BCUT2D eigenvalue weighted by Crippen LogP contribution is -2.15. The molecule has 104 valence electrons. The lowest BCUT2D eigenvalue weighted by Gasteiger charge is -2.08. The van der Waals surface area contributed by atoms with E-state index < -0.39 is 11.9 Å².